The van der Waals surface area contributed by atoms with E-state index in [0.717, 1.165) is 18.3 Å². The van der Waals surface area contributed by atoms with Crippen molar-refractivity contribution in [3.05, 3.63) is 40.8 Å². The molecule has 1 aromatic rings. The van der Waals surface area contributed by atoms with Crippen molar-refractivity contribution in [1.29, 1.82) is 0 Å². The van der Waals surface area contributed by atoms with Crippen LogP contribution in [-0.4, -0.2) is 11.2 Å². The fourth-order valence-corrected chi connectivity index (χ4v) is 8.18. The van der Waals surface area contributed by atoms with E-state index in [2.05, 4.69) is 20.3 Å². The smallest absolute Gasteiger partial charge is 0.335 e. The van der Waals surface area contributed by atoms with Gasteiger partial charge in [-0.2, -0.15) is 0 Å². The number of hydrogen-bond acceptors (Lipinski definition) is 3. The van der Waals surface area contributed by atoms with Crippen LogP contribution in [0.1, 0.15) is 76.7 Å². The molecule has 0 spiro atoms. The third kappa shape index (κ3) is 2.46. The first-order valence-corrected chi connectivity index (χ1v) is 11.0. The molecule has 3 heteroatoms. The first-order chi connectivity index (χ1) is 12.9. The van der Waals surface area contributed by atoms with E-state index in [1.54, 1.807) is 12.3 Å². The summed E-state index contributed by atoms with van der Waals surface area (Å²) in [6.45, 7) is 4.91. The van der Waals surface area contributed by atoms with Crippen LogP contribution >= 0.6 is 0 Å². The number of fused-ring (bicyclic) bond motifs is 5. The van der Waals surface area contributed by atoms with Gasteiger partial charge in [-0.05, 0) is 110 Å². The van der Waals surface area contributed by atoms with Gasteiger partial charge in [-0.15, -0.1) is 0 Å². The van der Waals surface area contributed by atoms with E-state index in [4.69, 9.17) is 4.42 Å². The quantitative estimate of drug-likeness (QED) is 0.763. The van der Waals surface area contributed by atoms with Crippen molar-refractivity contribution in [3.8, 4) is 0 Å². The van der Waals surface area contributed by atoms with Crippen molar-refractivity contribution in [2.75, 3.05) is 0 Å². The molecular weight excluding hydrogens is 336 g/mol. The molecule has 27 heavy (non-hydrogen) atoms. The second-order valence-corrected chi connectivity index (χ2v) is 10.4. The highest BCUT2D eigenvalue weighted by atomic mass is 16.4. The van der Waals surface area contributed by atoms with Crippen molar-refractivity contribution in [1.82, 2.24) is 0 Å². The lowest BCUT2D eigenvalue weighted by Gasteiger charge is -2.61. The van der Waals surface area contributed by atoms with Crippen LogP contribution in [0, 0.1) is 40.9 Å². The molecule has 4 fully saturated rings. The molecule has 4 aliphatic rings. The molecule has 5 rings (SSSR count). The van der Waals surface area contributed by atoms with Crippen LogP contribution in [-0.2, 0) is 0 Å². The van der Waals surface area contributed by atoms with E-state index in [1.807, 2.05) is 6.07 Å². The van der Waals surface area contributed by atoms with Gasteiger partial charge in [0, 0.05) is 6.07 Å². The van der Waals surface area contributed by atoms with Crippen LogP contribution in [0.15, 0.2) is 27.6 Å². The molecule has 1 heterocycles. The lowest BCUT2D eigenvalue weighted by atomic mass is 9.44. The van der Waals surface area contributed by atoms with Crippen molar-refractivity contribution >= 4 is 0 Å². The Balaban J connectivity index is 1.46. The summed E-state index contributed by atoms with van der Waals surface area (Å²) in [5, 5.41) is 11.0. The van der Waals surface area contributed by atoms with Gasteiger partial charge in [0.25, 0.3) is 0 Å². The monoisotopic (exact) mass is 369 g/mol. The van der Waals surface area contributed by atoms with Gasteiger partial charge in [0.1, 0.15) is 0 Å². The number of aliphatic hydroxyl groups excluding tert-OH is 1. The summed E-state index contributed by atoms with van der Waals surface area (Å²) >= 11 is 0. The third-order valence-electron chi connectivity index (χ3n) is 9.65. The molecule has 3 nitrogen and oxygen atoms in total. The molecule has 1 radical (unpaired) electrons. The molecule has 0 aromatic carbocycles. The van der Waals surface area contributed by atoms with Gasteiger partial charge >= 0.3 is 5.63 Å². The molecule has 0 saturated heterocycles. The van der Waals surface area contributed by atoms with Gasteiger partial charge in [-0.25, -0.2) is 4.79 Å². The fraction of sp³-hybridized carbons (Fsp3) is 0.750. The minimum Gasteiger partial charge on any atom is -0.431 e. The molecule has 1 aromatic heterocycles. The number of rotatable bonds is 1. The number of hydrogen-bond donors (Lipinski definition) is 1. The molecule has 8 unspecified atom stereocenters. The van der Waals surface area contributed by atoms with Crippen LogP contribution in [0.3, 0.4) is 0 Å². The van der Waals surface area contributed by atoms with E-state index >= 15 is 0 Å². The molecule has 4 saturated carbocycles. The van der Waals surface area contributed by atoms with Crippen LogP contribution in [0.25, 0.3) is 0 Å². The van der Waals surface area contributed by atoms with E-state index < -0.39 is 0 Å². The first-order valence-electron chi connectivity index (χ1n) is 11.0. The Morgan fingerprint density at radius 2 is 1.89 bits per heavy atom. The Morgan fingerprint density at radius 1 is 1.04 bits per heavy atom. The Hall–Kier alpha value is -1.09. The minimum absolute atomic E-state index is 0.108. The zero-order chi connectivity index (χ0) is 18.8. The van der Waals surface area contributed by atoms with Crippen molar-refractivity contribution in [2.24, 2.45) is 34.5 Å². The van der Waals surface area contributed by atoms with Crippen molar-refractivity contribution < 1.29 is 9.52 Å². The van der Waals surface area contributed by atoms with Gasteiger partial charge in [0.15, 0.2) is 0 Å². The topological polar surface area (TPSA) is 50.4 Å². The second kappa shape index (κ2) is 6.20. The predicted molar refractivity (Wildman–Crippen MR) is 105 cm³/mol. The standard InChI is InChI=1S/C24H33O3/c1-23-13-12-20-17(8-7-16-4-3-5-21(25)24(16,20)2)19(23)10-9-18(23)15-6-11-22(26)27-14-15/h3,6,11,14,16-21,25H,4-5,7-10,12-13H2,1-2H3. The van der Waals surface area contributed by atoms with Gasteiger partial charge in [0.05, 0.1) is 12.4 Å². The molecule has 0 aliphatic heterocycles. The molecule has 1 N–H and O–H groups in total. The molecule has 0 amide bonds. The van der Waals surface area contributed by atoms with Gasteiger partial charge in [-0.1, -0.05) is 13.8 Å². The van der Waals surface area contributed by atoms with Crippen LogP contribution in [0.4, 0.5) is 0 Å². The Bertz CT molecular complexity index is 749. The average molecular weight is 370 g/mol. The summed E-state index contributed by atoms with van der Waals surface area (Å²) in [7, 11) is 0. The number of aliphatic hydroxyl groups is 1. The van der Waals surface area contributed by atoms with Gasteiger partial charge < -0.3 is 9.52 Å². The molecule has 147 valence electrons. The summed E-state index contributed by atoms with van der Waals surface area (Å²) in [6.07, 6.45) is 13.5. The van der Waals surface area contributed by atoms with E-state index in [0.29, 0.717) is 23.2 Å². The van der Waals surface area contributed by atoms with Crippen LogP contribution in [0.5, 0.6) is 0 Å². The highest BCUT2D eigenvalue weighted by Crippen LogP contribution is 2.68. The lowest BCUT2D eigenvalue weighted by molar-refractivity contribution is -0.152. The van der Waals surface area contributed by atoms with Crippen molar-refractivity contribution in [2.45, 2.75) is 77.2 Å². The maximum absolute atomic E-state index is 11.4. The predicted octanol–water partition coefficient (Wildman–Crippen LogP) is 4.94. The summed E-state index contributed by atoms with van der Waals surface area (Å²) < 4.78 is 5.21. The third-order valence-corrected chi connectivity index (χ3v) is 9.65. The molecule has 0 bridgehead atoms. The lowest BCUT2D eigenvalue weighted by Crippen LogP contribution is -2.57. The zero-order valence-corrected chi connectivity index (χ0v) is 16.7. The van der Waals surface area contributed by atoms with Gasteiger partial charge in [0.2, 0.25) is 0 Å². The fourth-order valence-electron chi connectivity index (χ4n) is 8.18. The maximum Gasteiger partial charge on any atom is 0.335 e. The first kappa shape index (κ1) is 18.0. The van der Waals surface area contributed by atoms with Crippen molar-refractivity contribution in [3.63, 3.8) is 0 Å². The Morgan fingerprint density at radius 3 is 2.67 bits per heavy atom. The highest BCUT2D eigenvalue weighted by molar-refractivity contribution is 5.22. The Labute approximate surface area is 162 Å². The highest BCUT2D eigenvalue weighted by Gasteiger charge is 2.61. The largest absolute Gasteiger partial charge is 0.431 e. The summed E-state index contributed by atoms with van der Waals surface area (Å²) in [5.41, 5.74) is 1.37. The molecular formula is C24H33O3. The second-order valence-electron chi connectivity index (χ2n) is 10.4. The normalized spacial score (nSPS) is 49.1. The average Bonchev–Trinajstić information content (AvgIpc) is 3.01. The maximum atomic E-state index is 11.4. The van der Waals surface area contributed by atoms with E-state index in [9.17, 15) is 9.90 Å². The van der Waals surface area contributed by atoms with Crippen LogP contribution in [0.2, 0.25) is 0 Å². The van der Waals surface area contributed by atoms with E-state index in [1.165, 1.54) is 50.5 Å². The zero-order valence-electron chi connectivity index (χ0n) is 16.7. The molecule has 4 aliphatic carbocycles. The summed E-state index contributed by atoms with van der Waals surface area (Å²) in [4.78, 5) is 11.4. The van der Waals surface area contributed by atoms with Crippen LogP contribution < -0.4 is 5.63 Å². The SMILES string of the molecule is CC12CCC3C(CCC4C[CH]CC(O)C43C)C1CCC2c1ccc(=O)oc1. The summed E-state index contributed by atoms with van der Waals surface area (Å²) in [5.74, 6) is 3.34. The van der Waals surface area contributed by atoms with E-state index in [-0.39, 0.29) is 17.1 Å². The summed E-state index contributed by atoms with van der Waals surface area (Å²) in [6, 6.07) is 3.58. The Kier molecular flexibility index (Phi) is 4.13. The minimum atomic E-state index is -0.253. The molecule has 8 atom stereocenters. The van der Waals surface area contributed by atoms with Gasteiger partial charge in [-0.3, -0.25) is 0 Å².